The van der Waals surface area contributed by atoms with Crippen LogP contribution in [-0.4, -0.2) is 28.8 Å². The number of amides is 2. The van der Waals surface area contributed by atoms with Gasteiger partial charge < -0.3 is 10.2 Å². The zero-order chi connectivity index (χ0) is 21.6. The van der Waals surface area contributed by atoms with Gasteiger partial charge in [0.05, 0.1) is 6.42 Å². The van der Waals surface area contributed by atoms with Gasteiger partial charge in [0.2, 0.25) is 11.8 Å². The molecule has 0 spiro atoms. The second-order valence-corrected chi connectivity index (χ2v) is 8.27. The van der Waals surface area contributed by atoms with Gasteiger partial charge in [0.1, 0.15) is 6.04 Å². The molecule has 0 saturated heterocycles. The maximum absolute atomic E-state index is 13.2. The third-order valence-corrected chi connectivity index (χ3v) is 5.78. The van der Waals surface area contributed by atoms with E-state index < -0.39 is 6.04 Å². The summed E-state index contributed by atoms with van der Waals surface area (Å²) in [6, 6.07) is 11.6. The van der Waals surface area contributed by atoms with Crippen LogP contribution in [0.3, 0.4) is 0 Å². The first kappa shape index (κ1) is 23.5. The summed E-state index contributed by atoms with van der Waals surface area (Å²) >= 11 is 18.5. The van der Waals surface area contributed by atoms with Crippen molar-refractivity contribution in [1.82, 2.24) is 10.2 Å². The van der Waals surface area contributed by atoms with E-state index in [-0.39, 0.29) is 30.8 Å². The van der Waals surface area contributed by atoms with Crippen LogP contribution in [0.4, 0.5) is 0 Å². The van der Waals surface area contributed by atoms with Crippen LogP contribution in [0.15, 0.2) is 42.5 Å². The predicted octanol–water partition coefficient (Wildman–Crippen LogP) is 5.52. The average Bonchev–Trinajstić information content (AvgIpc) is 2.68. The third kappa shape index (κ3) is 6.63. The molecule has 4 nitrogen and oxygen atoms in total. The summed E-state index contributed by atoms with van der Waals surface area (Å²) < 4.78 is 0. The Morgan fingerprint density at radius 2 is 1.69 bits per heavy atom. The first-order valence-electron chi connectivity index (χ1n) is 9.50. The minimum atomic E-state index is -0.668. The molecule has 0 bridgehead atoms. The lowest BCUT2D eigenvalue weighted by atomic mass is 10.1. The van der Waals surface area contributed by atoms with E-state index in [0.717, 1.165) is 12.0 Å². The molecule has 2 aromatic carbocycles. The number of rotatable bonds is 8. The Hall–Kier alpha value is -1.75. The van der Waals surface area contributed by atoms with Gasteiger partial charge in [-0.2, -0.15) is 0 Å². The Kier molecular flexibility index (Phi) is 8.81. The molecule has 0 heterocycles. The molecule has 1 N–H and O–H groups in total. The van der Waals surface area contributed by atoms with Crippen LogP contribution in [0.2, 0.25) is 15.1 Å². The molecule has 2 amide bonds. The van der Waals surface area contributed by atoms with E-state index in [4.69, 9.17) is 34.8 Å². The molecule has 0 aliphatic heterocycles. The van der Waals surface area contributed by atoms with Crippen molar-refractivity contribution in [1.29, 1.82) is 0 Å². The molecule has 2 unspecified atom stereocenters. The van der Waals surface area contributed by atoms with Crippen molar-refractivity contribution in [2.24, 2.45) is 0 Å². The molecule has 2 aromatic rings. The monoisotopic (exact) mass is 454 g/mol. The number of hydrogen-bond acceptors (Lipinski definition) is 2. The Balaban J connectivity index is 2.28. The normalized spacial score (nSPS) is 12.9. The summed E-state index contributed by atoms with van der Waals surface area (Å²) in [5.74, 6) is -0.428. The highest BCUT2D eigenvalue weighted by atomic mass is 35.5. The van der Waals surface area contributed by atoms with Crippen molar-refractivity contribution in [2.45, 2.75) is 52.2 Å². The van der Waals surface area contributed by atoms with Crippen molar-refractivity contribution in [3.8, 4) is 0 Å². The lowest BCUT2D eigenvalue weighted by molar-refractivity contribution is -0.140. The van der Waals surface area contributed by atoms with Crippen molar-refractivity contribution in [3.63, 3.8) is 0 Å². The quantitative estimate of drug-likeness (QED) is 0.569. The summed E-state index contributed by atoms with van der Waals surface area (Å²) in [4.78, 5) is 27.4. The molecule has 29 heavy (non-hydrogen) atoms. The van der Waals surface area contributed by atoms with Gasteiger partial charge in [-0.1, -0.05) is 66.0 Å². The molecule has 0 aliphatic rings. The van der Waals surface area contributed by atoms with Crippen molar-refractivity contribution in [2.75, 3.05) is 0 Å². The standard InChI is InChI=1S/C22H25Cl3N2O2/c1-4-14(2)26-22(29)15(3)27(13-17-7-5-6-8-19(17)24)21(28)11-16-9-10-18(23)12-20(16)25/h5-10,12,14-15H,4,11,13H2,1-3H3,(H,26,29). The average molecular weight is 456 g/mol. The van der Waals surface area contributed by atoms with E-state index in [1.54, 1.807) is 31.2 Å². The molecule has 7 heteroatoms. The zero-order valence-corrected chi connectivity index (χ0v) is 19.0. The van der Waals surface area contributed by atoms with Crippen LogP contribution in [0.1, 0.15) is 38.3 Å². The Morgan fingerprint density at radius 3 is 2.31 bits per heavy atom. The van der Waals surface area contributed by atoms with E-state index in [1.165, 1.54) is 4.90 Å². The molecule has 0 aliphatic carbocycles. The summed E-state index contributed by atoms with van der Waals surface area (Å²) in [5.41, 5.74) is 1.42. The van der Waals surface area contributed by atoms with Crippen molar-refractivity contribution < 1.29 is 9.59 Å². The van der Waals surface area contributed by atoms with Gasteiger partial charge in [-0.25, -0.2) is 0 Å². The van der Waals surface area contributed by atoms with Gasteiger partial charge in [0.25, 0.3) is 0 Å². The van der Waals surface area contributed by atoms with Gasteiger partial charge in [-0.15, -0.1) is 0 Å². The van der Waals surface area contributed by atoms with E-state index in [0.29, 0.717) is 20.6 Å². The number of halogens is 3. The van der Waals surface area contributed by atoms with Gasteiger partial charge in [-0.05, 0) is 49.6 Å². The molecule has 0 radical (unpaired) electrons. The molecule has 0 aromatic heterocycles. The maximum atomic E-state index is 13.2. The molecule has 0 saturated carbocycles. The Bertz CT molecular complexity index is 873. The van der Waals surface area contributed by atoms with E-state index >= 15 is 0 Å². The van der Waals surface area contributed by atoms with Crippen LogP contribution in [0.25, 0.3) is 0 Å². The highest BCUT2D eigenvalue weighted by Crippen LogP contribution is 2.24. The Labute approximate surface area is 187 Å². The minimum absolute atomic E-state index is 0.0212. The SMILES string of the molecule is CCC(C)NC(=O)C(C)N(Cc1ccccc1Cl)C(=O)Cc1ccc(Cl)cc1Cl. The maximum Gasteiger partial charge on any atom is 0.242 e. The first-order valence-corrected chi connectivity index (χ1v) is 10.6. The lowest BCUT2D eigenvalue weighted by Gasteiger charge is -2.30. The molecular formula is C22H25Cl3N2O2. The molecule has 156 valence electrons. The number of carbonyl (C=O) groups excluding carboxylic acids is 2. The largest absolute Gasteiger partial charge is 0.352 e. The zero-order valence-electron chi connectivity index (χ0n) is 16.7. The van der Waals surface area contributed by atoms with Crippen LogP contribution >= 0.6 is 34.8 Å². The molecule has 2 atom stereocenters. The third-order valence-electron chi connectivity index (χ3n) is 4.82. The summed E-state index contributed by atoms with van der Waals surface area (Å²) in [6.07, 6.45) is 0.860. The number of hydrogen-bond donors (Lipinski definition) is 1. The van der Waals surface area contributed by atoms with Gasteiger partial charge in [0, 0.05) is 27.7 Å². The van der Waals surface area contributed by atoms with E-state index in [2.05, 4.69) is 5.32 Å². The van der Waals surface area contributed by atoms with Crippen molar-refractivity contribution in [3.05, 3.63) is 68.7 Å². The predicted molar refractivity (Wildman–Crippen MR) is 120 cm³/mol. The van der Waals surface area contributed by atoms with Crippen LogP contribution < -0.4 is 5.32 Å². The fourth-order valence-electron chi connectivity index (χ4n) is 2.79. The number of carbonyl (C=O) groups is 2. The van der Waals surface area contributed by atoms with E-state index in [9.17, 15) is 9.59 Å². The van der Waals surface area contributed by atoms with Gasteiger partial charge in [-0.3, -0.25) is 9.59 Å². The second-order valence-electron chi connectivity index (χ2n) is 7.02. The fraction of sp³-hybridized carbons (Fsp3) is 0.364. The highest BCUT2D eigenvalue weighted by molar-refractivity contribution is 6.35. The fourth-order valence-corrected chi connectivity index (χ4v) is 3.46. The lowest BCUT2D eigenvalue weighted by Crippen LogP contribution is -2.50. The minimum Gasteiger partial charge on any atom is -0.352 e. The number of nitrogens with one attached hydrogen (secondary N) is 1. The number of nitrogens with zero attached hydrogens (tertiary/aromatic N) is 1. The summed E-state index contributed by atoms with van der Waals surface area (Å²) in [7, 11) is 0. The second kappa shape index (κ2) is 10.9. The number of benzene rings is 2. The van der Waals surface area contributed by atoms with Crippen LogP contribution in [0.5, 0.6) is 0 Å². The van der Waals surface area contributed by atoms with E-state index in [1.807, 2.05) is 32.0 Å². The molecular weight excluding hydrogens is 431 g/mol. The van der Waals surface area contributed by atoms with Crippen molar-refractivity contribution >= 4 is 46.6 Å². The topological polar surface area (TPSA) is 49.4 Å². The Morgan fingerprint density at radius 1 is 1.00 bits per heavy atom. The highest BCUT2D eigenvalue weighted by Gasteiger charge is 2.27. The van der Waals surface area contributed by atoms with Gasteiger partial charge in [0.15, 0.2) is 0 Å². The van der Waals surface area contributed by atoms with Crippen LogP contribution in [0, 0.1) is 0 Å². The molecule has 0 fully saturated rings. The smallest absolute Gasteiger partial charge is 0.242 e. The van der Waals surface area contributed by atoms with Crippen LogP contribution in [-0.2, 0) is 22.6 Å². The molecule has 2 rings (SSSR count). The first-order chi connectivity index (χ1) is 13.7. The van der Waals surface area contributed by atoms with Gasteiger partial charge >= 0.3 is 0 Å². The summed E-state index contributed by atoms with van der Waals surface area (Å²) in [6.45, 7) is 5.86. The summed E-state index contributed by atoms with van der Waals surface area (Å²) in [5, 5.41) is 4.40.